The summed E-state index contributed by atoms with van der Waals surface area (Å²) in [6.45, 7) is 5.37. The number of ketones is 1. The van der Waals surface area contributed by atoms with Crippen LogP contribution in [0.4, 0.5) is 5.69 Å². The van der Waals surface area contributed by atoms with Crippen molar-refractivity contribution in [3.8, 4) is 0 Å². The number of amides is 1. The molecule has 0 atom stereocenters. The highest BCUT2D eigenvalue weighted by atomic mass is 16.1. The molecule has 3 aromatic rings. The smallest absolute Gasteiger partial charge is 0.259 e. The SMILES string of the molecule is CC(=O)c1cccc(NC(=O)c2ccn3c(C)cc(C)nc23)c1. The topological polar surface area (TPSA) is 63.5 Å². The maximum atomic E-state index is 12.5. The van der Waals surface area contributed by atoms with E-state index in [1.165, 1.54) is 6.92 Å². The molecule has 0 fully saturated rings. The second-order valence-corrected chi connectivity index (χ2v) is 5.55. The molecular weight excluding hydrogens is 290 g/mol. The quantitative estimate of drug-likeness (QED) is 0.754. The molecule has 0 radical (unpaired) electrons. The number of anilines is 1. The number of fused-ring (bicyclic) bond motifs is 1. The molecule has 2 aromatic heterocycles. The Morgan fingerprint density at radius 3 is 2.65 bits per heavy atom. The lowest BCUT2D eigenvalue weighted by molar-refractivity contribution is 0.101. The summed E-state index contributed by atoms with van der Waals surface area (Å²) in [5, 5.41) is 2.83. The van der Waals surface area contributed by atoms with Gasteiger partial charge in [-0.2, -0.15) is 0 Å². The molecule has 0 aliphatic rings. The summed E-state index contributed by atoms with van der Waals surface area (Å²) in [5.74, 6) is -0.283. The molecule has 1 N–H and O–H groups in total. The van der Waals surface area contributed by atoms with Crippen LogP contribution in [0, 0.1) is 13.8 Å². The minimum atomic E-state index is -0.245. The molecule has 23 heavy (non-hydrogen) atoms. The van der Waals surface area contributed by atoms with Crippen molar-refractivity contribution in [1.82, 2.24) is 9.38 Å². The first-order valence-electron chi connectivity index (χ1n) is 7.33. The Morgan fingerprint density at radius 2 is 1.91 bits per heavy atom. The summed E-state index contributed by atoms with van der Waals surface area (Å²) in [6, 6.07) is 10.6. The van der Waals surface area contributed by atoms with Crippen LogP contribution in [0.1, 0.15) is 39.0 Å². The number of Topliss-reactive ketones (excluding diaryl/α,β-unsaturated/α-hetero) is 1. The number of hydrogen-bond acceptors (Lipinski definition) is 3. The van der Waals surface area contributed by atoms with Gasteiger partial charge in [-0.25, -0.2) is 4.98 Å². The first kappa shape index (κ1) is 15.0. The number of aryl methyl sites for hydroxylation is 2. The Hall–Kier alpha value is -2.95. The maximum absolute atomic E-state index is 12.5. The van der Waals surface area contributed by atoms with Crippen molar-refractivity contribution >= 4 is 23.0 Å². The van der Waals surface area contributed by atoms with Gasteiger partial charge < -0.3 is 9.72 Å². The van der Waals surface area contributed by atoms with Crippen LogP contribution in [0.15, 0.2) is 42.6 Å². The summed E-state index contributed by atoms with van der Waals surface area (Å²) in [4.78, 5) is 28.4. The largest absolute Gasteiger partial charge is 0.322 e. The third-order valence-electron chi connectivity index (χ3n) is 3.71. The lowest BCUT2D eigenvalue weighted by Crippen LogP contribution is -2.12. The number of nitrogens with one attached hydrogen (secondary N) is 1. The molecular formula is C18H17N3O2. The zero-order chi connectivity index (χ0) is 16.6. The van der Waals surface area contributed by atoms with Gasteiger partial charge in [0.15, 0.2) is 5.78 Å². The second kappa shape index (κ2) is 5.68. The van der Waals surface area contributed by atoms with Gasteiger partial charge in [0.25, 0.3) is 5.91 Å². The van der Waals surface area contributed by atoms with Crippen LogP contribution in [-0.2, 0) is 0 Å². The minimum absolute atomic E-state index is 0.0386. The third kappa shape index (κ3) is 2.85. The van der Waals surface area contributed by atoms with Crippen LogP contribution in [0.5, 0.6) is 0 Å². The van der Waals surface area contributed by atoms with E-state index in [-0.39, 0.29) is 11.7 Å². The van der Waals surface area contributed by atoms with E-state index in [4.69, 9.17) is 0 Å². The van der Waals surface area contributed by atoms with E-state index in [0.29, 0.717) is 22.5 Å². The fourth-order valence-corrected chi connectivity index (χ4v) is 2.59. The first-order chi connectivity index (χ1) is 11.0. The normalized spacial score (nSPS) is 10.7. The summed E-state index contributed by atoms with van der Waals surface area (Å²) < 4.78 is 1.88. The number of aromatic nitrogens is 2. The average molecular weight is 307 g/mol. The first-order valence-corrected chi connectivity index (χ1v) is 7.33. The van der Waals surface area contributed by atoms with Crippen LogP contribution in [-0.4, -0.2) is 21.1 Å². The molecule has 5 heteroatoms. The third-order valence-corrected chi connectivity index (χ3v) is 3.71. The van der Waals surface area contributed by atoms with Gasteiger partial charge in [0.1, 0.15) is 5.65 Å². The molecule has 0 spiro atoms. The van der Waals surface area contributed by atoms with Crippen molar-refractivity contribution in [2.24, 2.45) is 0 Å². The molecule has 0 saturated carbocycles. The molecule has 0 aliphatic heterocycles. The standard InChI is InChI=1S/C18H17N3O2/c1-11-9-12(2)21-8-7-16(17(21)19-11)18(23)20-15-6-4-5-14(10-15)13(3)22/h4-10H,1-3H3,(H,20,23). The highest BCUT2D eigenvalue weighted by Gasteiger charge is 2.14. The number of hydrogen-bond donors (Lipinski definition) is 1. The molecule has 1 aromatic carbocycles. The van der Waals surface area contributed by atoms with Gasteiger partial charge in [0.2, 0.25) is 0 Å². The number of benzene rings is 1. The summed E-state index contributed by atoms with van der Waals surface area (Å²) >= 11 is 0. The number of carbonyl (C=O) groups excluding carboxylic acids is 2. The number of nitrogens with zero attached hydrogens (tertiary/aromatic N) is 2. The van der Waals surface area contributed by atoms with Gasteiger partial charge in [0, 0.05) is 28.8 Å². The van der Waals surface area contributed by atoms with E-state index in [2.05, 4.69) is 10.3 Å². The van der Waals surface area contributed by atoms with Gasteiger partial charge in [-0.15, -0.1) is 0 Å². The van der Waals surface area contributed by atoms with Crippen LogP contribution in [0.2, 0.25) is 0 Å². The van der Waals surface area contributed by atoms with Gasteiger partial charge in [-0.05, 0) is 45.0 Å². The van der Waals surface area contributed by atoms with E-state index in [9.17, 15) is 9.59 Å². The Labute approximate surface area is 134 Å². The molecule has 1 amide bonds. The van der Waals surface area contributed by atoms with Gasteiger partial charge in [-0.3, -0.25) is 9.59 Å². The van der Waals surface area contributed by atoms with Crippen molar-refractivity contribution in [3.05, 3.63) is 65.1 Å². The summed E-state index contributed by atoms with van der Waals surface area (Å²) in [6.07, 6.45) is 1.83. The Morgan fingerprint density at radius 1 is 1.13 bits per heavy atom. The van der Waals surface area contributed by atoms with Crippen LogP contribution >= 0.6 is 0 Å². The van der Waals surface area contributed by atoms with Gasteiger partial charge in [0.05, 0.1) is 5.56 Å². The Kier molecular flexibility index (Phi) is 3.70. The van der Waals surface area contributed by atoms with Crippen molar-refractivity contribution in [3.63, 3.8) is 0 Å². The molecule has 0 unspecified atom stereocenters. The number of carbonyl (C=O) groups is 2. The van der Waals surface area contributed by atoms with E-state index in [0.717, 1.165) is 11.4 Å². The minimum Gasteiger partial charge on any atom is -0.322 e. The Balaban J connectivity index is 1.95. The lowest BCUT2D eigenvalue weighted by Gasteiger charge is -2.07. The monoisotopic (exact) mass is 307 g/mol. The molecule has 5 nitrogen and oxygen atoms in total. The van der Waals surface area contributed by atoms with Gasteiger partial charge >= 0.3 is 0 Å². The predicted molar refractivity (Wildman–Crippen MR) is 89.1 cm³/mol. The summed E-state index contributed by atoms with van der Waals surface area (Å²) in [5.41, 5.74) is 4.17. The fraction of sp³-hybridized carbons (Fsp3) is 0.167. The molecule has 3 rings (SSSR count). The Bertz CT molecular complexity index is 925. The second-order valence-electron chi connectivity index (χ2n) is 5.55. The highest BCUT2D eigenvalue weighted by Crippen LogP contribution is 2.17. The average Bonchev–Trinajstić information content (AvgIpc) is 2.91. The lowest BCUT2D eigenvalue weighted by atomic mass is 10.1. The molecule has 0 bridgehead atoms. The van der Waals surface area contributed by atoms with Crippen molar-refractivity contribution in [2.75, 3.05) is 5.32 Å². The maximum Gasteiger partial charge on any atom is 0.259 e. The van der Waals surface area contributed by atoms with Crippen LogP contribution < -0.4 is 5.32 Å². The van der Waals surface area contributed by atoms with Crippen molar-refractivity contribution < 1.29 is 9.59 Å². The predicted octanol–water partition coefficient (Wildman–Crippen LogP) is 3.41. The van der Waals surface area contributed by atoms with Crippen molar-refractivity contribution in [1.29, 1.82) is 0 Å². The van der Waals surface area contributed by atoms with Crippen LogP contribution in [0.3, 0.4) is 0 Å². The highest BCUT2D eigenvalue weighted by molar-refractivity contribution is 6.09. The van der Waals surface area contributed by atoms with E-state index in [1.807, 2.05) is 30.5 Å². The van der Waals surface area contributed by atoms with Crippen LogP contribution in [0.25, 0.3) is 5.65 Å². The van der Waals surface area contributed by atoms with E-state index >= 15 is 0 Å². The summed E-state index contributed by atoms with van der Waals surface area (Å²) in [7, 11) is 0. The molecule has 0 aliphatic carbocycles. The molecule has 2 heterocycles. The molecule has 116 valence electrons. The number of rotatable bonds is 3. The molecule has 0 saturated heterocycles. The van der Waals surface area contributed by atoms with E-state index < -0.39 is 0 Å². The van der Waals surface area contributed by atoms with Crippen molar-refractivity contribution in [2.45, 2.75) is 20.8 Å². The van der Waals surface area contributed by atoms with Gasteiger partial charge in [-0.1, -0.05) is 12.1 Å². The zero-order valence-electron chi connectivity index (χ0n) is 13.3. The zero-order valence-corrected chi connectivity index (χ0v) is 13.3. The fourth-order valence-electron chi connectivity index (χ4n) is 2.59. The van der Waals surface area contributed by atoms with E-state index in [1.54, 1.807) is 30.3 Å².